The number of nitrogens with zero attached hydrogens (tertiary/aromatic N) is 1. The van der Waals surface area contributed by atoms with Gasteiger partial charge in [0.2, 0.25) is 6.79 Å². The molecule has 0 aromatic heterocycles. The number of benzene rings is 2. The zero-order valence-electron chi connectivity index (χ0n) is 18.4. The van der Waals surface area contributed by atoms with E-state index in [0.29, 0.717) is 29.0 Å². The third-order valence-corrected chi connectivity index (χ3v) is 8.74. The van der Waals surface area contributed by atoms with Gasteiger partial charge in [-0.3, -0.25) is 0 Å². The van der Waals surface area contributed by atoms with Gasteiger partial charge in [0.25, 0.3) is 0 Å². The van der Waals surface area contributed by atoms with Crippen molar-refractivity contribution in [3.63, 3.8) is 0 Å². The number of fused-ring (bicyclic) bond motifs is 4. The first kappa shape index (κ1) is 21.4. The van der Waals surface area contributed by atoms with Crippen molar-refractivity contribution in [2.45, 2.75) is 56.6 Å². The molecular weight excluding hydrogens is 489 g/mol. The molecule has 0 atom stereocenters. The topological polar surface area (TPSA) is 48.0 Å². The average Bonchev–Trinajstić information content (AvgIpc) is 3.40. The Labute approximate surface area is 201 Å². The second kappa shape index (κ2) is 8.27. The highest BCUT2D eigenvalue weighted by molar-refractivity contribution is 9.10. The molecule has 0 unspecified atom stereocenters. The predicted molar refractivity (Wildman–Crippen MR) is 124 cm³/mol. The van der Waals surface area contributed by atoms with Crippen molar-refractivity contribution in [1.82, 2.24) is 4.90 Å². The van der Waals surface area contributed by atoms with Gasteiger partial charge in [0.05, 0.1) is 0 Å². The highest BCUT2D eigenvalue weighted by atomic mass is 79.9. The summed E-state index contributed by atoms with van der Waals surface area (Å²) in [5.41, 5.74) is 2.07. The Morgan fingerprint density at radius 1 is 1.06 bits per heavy atom. The lowest BCUT2D eigenvalue weighted by Crippen LogP contribution is -2.46. The molecule has 1 aliphatic carbocycles. The molecule has 3 aliphatic heterocycles. The van der Waals surface area contributed by atoms with Crippen molar-refractivity contribution < 1.29 is 23.4 Å². The van der Waals surface area contributed by atoms with Crippen LogP contribution in [-0.2, 0) is 16.8 Å². The van der Waals surface area contributed by atoms with Gasteiger partial charge in [-0.15, -0.1) is 0 Å². The molecule has 2 fully saturated rings. The maximum absolute atomic E-state index is 13.6. The zero-order valence-corrected chi connectivity index (χ0v) is 20.0. The number of piperidine rings is 1. The first-order chi connectivity index (χ1) is 16.0. The van der Waals surface area contributed by atoms with Gasteiger partial charge in [-0.2, -0.15) is 0 Å². The van der Waals surface area contributed by atoms with Gasteiger partial charge in [0, 0.05) is 16.1 Å². The van der Waals surface area contributed by atoms with E-state index in [1.54, 1.807) is 12.1 Å². The van der Waals surface area contributed by atoms with Crippen molar-refractivity contribution in [3.8, 4) is 11.5 Å². The highest BCUT2D eigenvalue weighted by Gasteiger charge is 2.50. The van der Waals surface area contributed by atoms with Crippen LogP contribution in [0.1, 0.15) is 60.0 Å². The SMILES string of the molecule is O=C1OC2(CCC(N3CCC(Cc4cc(F)ccc4Br)CC3)CC2)c2ccc3c(c21)OCO3. The average molecular weight is 516 g/mol. The van der Waals surface area contributed by atoms with E-state index in [1.165, 1.54) is 6.07 Å². The van der Waals surface area contributed by atoms with E-state index in [-0.39, 0.29) is 18.6 Å². The molecule has 5 nitrogen and oxygen atoms in total. The van der Waals surface area contributed by atoms with Crippen LogP contribution in [0, 0.1) is 11.7 Å². The molecule has 2 aromatic rings. The normalized spacial score (nSPS) is 27.1. The standard InChI is InChI=1S/C26H27BrFNO4/c27-21-3-1-18(28)14-17(21)13-16-7-11-29(12-8-16)19-5-9-26(10-6-19)20-2-4-22-24(32-15-31-22)23(20)25(30)33-26/h1-4,14,16,19H,5-13,15H2. The minimum atomic E-state index is -0.522. The number of esters is 1. The molecule has 2 aromatic carbocycles. The Hall–Kier alpha value is -2.12. The van der Waals surface area contributed by atoms with Crippen molar-refractivity contribution in [2.75, 3.05) is 19.9 Å². The third-order valence-electron chi connectivity index (χ3n) is 7.97. The number of carbonyl (C=O) groups excluding carboxylic acids is 1. The first-order valence-electron chi connectivity index (χ1n) is 11.9. The summed E-state index contributed by atoms with van der Waals surface area (Å²) in [6.07, 6.45) is 6.89. The van der Waals surface area contributed by atoms with Crippen LogP contribution in [0.15, 0.2) is 34.8 Å². The lowest BCUT2D eigenvalue weighted by molar-refractivity contribution is -0.0446. The van der Waals surface area contributed by atoms with Crippen LogP contribution in [0.2, 0.25) is 0 Å². The lowest BCUT2D eigenvalue weighted by Gasteiger charge is -2.43. The van der Waals surface area contributed by atoms with Gasteiger partial charge in [-0.1, -0.05) is 22.0 Å². The van der Waals surface area contributed by atoms with E-state index >= 15 is 0 Å². The van der Waals surface area contributed by atoms with Gasteiger partial charge >= 0.3 is 5.97 Å². The van der Waals surface area contributed by atoms with Crippen LogP contribution >= 0.6 is 15.9 Å². The number of hydrogen-bond donors (Lipinski definition) is 0. The summed E-state index contributed by atoms with van der Waals surface area (Å²) in [6.45, 7) is 2.30. The van der Waals surface area contributed by atoms with E-state index < -0.39 is 5.60 Å². The van der Waals surface area contributed by atoms with E-state index in [4.69, 9.17) is 14.2 Å². The highest BCUT2D eigenvalue weighted by Crippen LogP contribution is 2.52. The minimum absolute atomic E-state index is 0.153. The number of likely N-dealkylation sites (tertiary alicyclic amines) is 1. The van der Waals surface area contributed by atoms with Crippen LogP contribution < -0.4 is 9.47 Å². The molecule has 4 aliphatic rings. The van der Waals surface area contributed by atoms with Gasteiger partial charge in [0.1, 0.15) is 17.0 Å². The summed E-state index contributed by atoms with van der Waals surface area (Å²) in [5, 5.41) is 0. The molecule has 33 heavy (non-hydrogen) atoms. The Morgan fingerprint density at radius 2 is 1.85 bits per heavy atom. The summed E-state index contributed by atoms with van der Waals surface area (Å²) in [4.78, 5) is 15.3. The van der Waals surface area contributed by atoms with Crippen LogP contribution in [0.3, 0.4) is 0 Å². The van der Waals surface area contributed by atoms with Crippen LogP contribution in [-0.4, -0.2) is 36.8 Å². The fraction of sp³-hybridized carbons (Fsp3) is 0.500. The van der Waals surface area contributed by atoms with Crippen LogP contribution in [0.25, 0.3) is 0 Å². The molecule has 0 amide bonds. The number of halogens is 2. The largest absolute Gasteiger partial charge is 0.454 e. The molecule has 174 valence electrons. The molecule has 0 radical (unpaired) electrons. The van der Waals surface area contributed by atoms with Gasteiger partial charge < -0.3 is 19.1 Å². The Balaban J connectivity index is 1.08. The molecule has 0 N–H and O–H groups in total. The number of carbonyl (C=O) groups is 1. The minimum Gasteiger partial charge on any atom is -0.454 e. The number of rotatable bonds is 3. The Bertz CT molecular complexity index is 1090. The monoisotopic (exact) mass is 515 g/mol. The fourth-order valence-corrected chi connectivity index (χ4v) is 6.59. The second-order valence-electron chi connectivity index (χ2n) is 9.76. The summed E-state index contributed by atoms with van der Waals surface area (Å²) in [5.74, 6) is 1.31. The van der Waals surface area contributed by atoms with E-state index in [1.807, 2.05) is 12.1 Å². The number of ether oxygens (including phenoxy) is 3. The smallest absolute Gasteiger partial charge is 0.343 e. The van der Waals surface area contributed by atoms with Crippen molar-refractivity contribution in [3.05, 3.63) is 57.3 Å². The first-order valence-corrected chi connectivity index (χ1v) is 12.7. The van der Waals surface area contributed by atoms with Crippen LogP contribution in [0.5, 0.6) is 11.5 Å². The quantitative estimate of drug-likeness (QED) is 0.499. The van der Waals surface area contributed by atoms with E-state index in [9.17, 15) is 9.18 Å². The van der Waals surface area contributed by atoms with Crippen molar-refractivity contribution >= 4 is 21.9 Å². The maximum Gasteiger partial charge on any atom is 0.343 e. The summed E-state index contributed by atoms with van der Waals surface area (Å²) in [6, 6.07) is 9.38. The predicted octanol–water partition coefficient (Wildman–Crippen LogP) is 5.58. The second-order valence-corrected chi connectivity index (χ2v) is 10.6. The van der Waals surface area contributed by atoms with Gasteiger partial charge in [-0.25, -0.2) is 9.18 Å². The molecule has 6 rings (SSSR count). The summed E-state index contributed by atoms with van der Waals surface area (Å²) >= 11 is 3.57. The molecular formula is C26H27BrFNO4. The molecule has 3 heterocycles. The van der Waals surface area contributed by atoms with E-state index in [2.05, 4.69) is 20.8 Å². The summed E-state index contributed by atoms with van der Waals surface area (Å²) in [7, 11) is 0. The molecule has 1 saturated heterocycles. The lowest BCUT2D eigenvalue weighted by atomic mass is 9.76. The van der Waals surface area contributed by atoms with Crippen molar-refractivity contribution in [2.24, 2.45) is 5.92 Å². The van der Waals surface area contributed by atoms with Gasteiger partial charge in [-0.05, 0) is 93.8 Å². The zero-order chi connectivity index (χ0) is 22.6. The molecule has 1 spiro atoms. The molecule has 0 bridgehead atoms. The molecule has 7 heteroatoms. The van der Waals surface area contributed by atoms with Gasteiger partial charge in [0.15, 0.2) is 11.5 Å². The van der Waals surface area contributed by atoms with E-state index in [0.717, 1.165) is 73.6 Å². The third kappa shape index (κ3) is 3.73. The maximum atomic E-state index is 13.6. The Morgan fingerprint density at radius 3 is 2.64 bits per heavy atom. The summed E-state index contributed by atoms with van der Waals surface area (Å²) < 4.78 is 31.7. The fourth-order valence-electron chi connectivity index (χ4n) is 6.18. The number of hydrogen-bond acceptors (Lipinski definition) is 5. The van der Waals surface area contributed by atoms with Crippen LogP contribution in [0.4, 0.5) is 4.39 Å². The van der Waals surface area contributed by atoms with Crippen molar-refractivity contribution in [1.29, 1.82) is 0 Å². The molecule has 1 saturated carbocycles. The Kier molecular flexibility index (Phi) is 5.37.